The minimum atomic E-state index is 0.0497. The van der Waals surface area contributed by atoms with Crippen LogP contribution in [0.15, 0.2) is 29.2 Å². The Morgan fingerprint density at radius 1 is 1.05 bits per heavy atom. The monoisotopic (exact) mass is 307 g/mol. The predicted octanol–water partition coefficient (Wildman–Crippen LogP) is 3.78. The predicted molar refractivity (Wildman–Crippen MR) is 88.8 cm³/mol. The summed E-state index contributed by atoms with van der Waals surface area (Å²) in [5.41, 5.74) is 0.748. The Morgan fingerprint density at radius 3 is 2.19 bits per heavy atom. The summed E-state index contributed by atoms with van der Waals surface area (Å²) in [6.07, 6.45) is 0.574. The fourth-order valence-corrected chi connectivity index (χ4v) is 2.47. The number of carbonyl (C=O) groups excluding carboxylic acids is 2. The highest BCUT2D eigenvalue weighted by Gasteiger charge is 2.09. The zero-order valence-electron chi connectivity index (χ0n) is 13.3. The van der Waals surface area contributed by atoms with Gasteiger partial charge >= 0.3 is 0 Å². The smallest absolute Gasteiger partial charge is 0.230 e. The Bertz CT molecular complexity index is 466. The summed E-state index contributed by atoms with van der Waals surface area (Å²) in [5.74, 6) is 1.47. The van der Waals surface area contributed by atoms with Crippen LogP contribution >= 0.6 is 11.8 Å². The van der Waals surface area contributed by atoms with Gasteiger partial charge in [0.15, 0.2) is 5.78 Å². The average molecular weight is 307 g/mol. The lowest BCUT2D eigenvalue weighted by molar-refractivity contribution is -0.118. The molecular weight excluding hydrogens is 282 g/mol. The highest BCUT2D eigenvalue weighted by molar-refractivity contribution is 8.00. The van der Waals surface area contributed by atoms with Gasteiger partial charge in [-0.15, -0.1) is 11.8 Å². The number of carbonyl (C=O) groups is 2. The van der Waals surface area contributed by atoms with Crippen molar-refractivity contribution in [1.82, 2.24) is 5.32 Å². The van der Waals surface area contributed by atoms with E-state index in [-0.39, 0.29) is 11.7 Å². The van der Waals surface area contributed by atoms with Crippen molar-refractivity contribution in [2.45, 2.75) is 39.0 Å². The largest absolute Gasteiger partial charge is 0.355 e. The second-order valence-corrected chi connectivity index (χ2v) is 7.08. The topological polar surface area (TPSA) is 46.2 Å². The van der Waals surface area contributed by atoms with Crippen molar-refractivity contribution in [2.75, 3.05) is 12.3 Å². The van der Waals surface area contributed by atoms with E-state index in [1.165, 1.54) is 11.8 Å². The number of rotatable bonds is 8. The molecule has 21 heavy (non-hydrogen) atoms. The third kappa shape index (κ3) is 7.32. The van der Waals surface area contributed by atoms with Gasteiger partial charge in [-0.05, 0) is 24.0 Å². The fourth-order valence-electron chi connectivity index (χ4n) is 1.74. The van der Waals surface area contributed by atoms with E-state index in [0.29, 0.717) is 30.6 Å². The van der Waals surface area contributed by atoms with Crippen molar-refractivity contribution < 1.29 is 9.59 Å². The van der Waals surface area contributed by atoms with Crippen LogP contribution in [-0.4, -0.2) is 24.0 Å². The standard InChI is InChI=1S/C17H25NO2S/c1-12(2)9-16(19)14-5-7-15(8-6-14)21-11-17(20)18-10-13(3)4/h5-8,12-13H,9-11H2,1-4H3,(H,18,20). The molecular formula is C17H25NO2S. The van der Waals surface area contributed by atoms with Gasteiger partial charge in [-0.3, -0.25) is 9.59 Å². The third-order valence-corrected chi connectivity index (χ3v) is 3.86. The molecule has 0 saturated carbocycles. The van der Waals surface area contributed by atoms with E-state index < -0.39 is 0 Å². The second kappa shape index (κ2) is 8.88. The lowest BCUT2D eigenvalue weighted by Crippen LogP contribution is -2.28. The van der Waals surface area contributed by atoms with E-state index in [9.17, 15) is 9.59 Å². The number of hydrogen-bond donors (Lipinski definition) is 1. The molecule has 1 rings (SSSR count). The molecule has 116 valence electrons. The molecule has 0 aromatic heterocycles. The molecule has 3 nitrogen and oxygen atoms in total. The average Bonchev–Trinajstić information content (AvgIpc) is 2.42. The number of amides is 1. The number of thioether (sulfide) groups is 1. The fraction of sp³-hybridized carbons (Fsp3) is 0.529. The van der Waals surface area contributed by atoms with Crippen LogP contribution < -0.4 is 5.32 Å². The quantitative estimate of drug-likeness (QED) is 0.587. The maximum absolute atomic E-state index is 11.9. The van der Waals surface area contributed by atoms with E-state index in [1.54, 1.807) is 0 Å². The summed E-state index contributed by atoms with van der Waals surface area (Å²) in [6, 6.07) is 7.51. The molecule has 0 fully saturated rings. The van der Waals surface area contributed by atoms with Gasteiger partial charge in [0, 0.05) is 23.4 Å². The molecule has 4 heteroatoms. The van der Waals surface area contributed by atoms with Gasteiger partial charge in [-0.2, -0.15) is 0 Å². The Balaban J connectivity index is 2.44. The zero-order valence-corrected chi connectivity index (χ0v) is 14.1. The molecule has 0 aliphatic rings. The number of ketones is 1. The molecule has 1 aromatic carbocycles. The highest BCUT2D eigenvalue weighted by atomic mass is 32.2. The van der Waals surface area contributed by atoms with Crippen molar-refractivity contribution >= 4 is 23.5 Å². The van der Waals surface area contributed by atoms with Crippen molar-refractivity contribution in [3.05, 3.63) is 29.8 Å². The second-order valence-electron chi connectivity index (χ2n) is 6.03. The van der Waals surface area contributed by atoms with Crippen molar-refractivity contribution in [1.29, 1.82) is 0 Å². The van der Waals surface area contributed by atoms with Crippen molar-refractivity contribution in [2.24, 2.45) is 11.8 Å². The van der Waals surface area contributed by atoms with Gasteiger partial charge in [0.2, 0.25) is 5.91 Å². The Morgan fingerprint density at radius 2 is 1.67 bits per heavy atom. The summed E-state index contributed by atoms with van der Waals surface area (Å²) in [5, 5.41) is 2.89. The lowest BCUT2D eigenvalue weighted by atomic mass is 10.0. The maximum atomic E-state index is 11.9. The lowest BCUT2D eigenvalue weighted by Gasteiger charge is -2.08. The molecule has 0 aliphatic carbocycles. The van der Waals surface area contributed by atoms with Crippen molar-refractivity contribution in [3.63, 3.8) is 0 Å². The van der Waals surface area contributed by atoms with Gasteiger partial charge in [0.05, 0.1) is 5.75 Å². The number of nitrogens with one attached hydrogen (secondary N) is 1. The maximum Gasteiger partial charge on any atom is 0.230 e. The first-order chi connectivity index (χ1) is 9.88. The van der Waals surface area contributed by atoms with Crippen LogP contribution in [0.25, 0.3) is 0 Å². The summed E-state index contributed by atoms with van der Waals surface area (Å²) >= 11 is 1.49. The first kappa shape index (κ1) is 17.8. The first-order valence-corrected chi connectivity index (χ1v) is 8.39. The molecule has 0 atom stereocenters. The van der Waals surface area contributed by atoms with Crippen LogP contribution in [0.5, 0.6) is 0 Å². The molecule has 0 unspecified atom stereocenters. The molecule has 1 amide bonds. The molecule has 0 saturated heterocycles. The van der Waals surface area contributed by atoms with Crippen LogP contribution in [0.2, 0.25) is 0 Å². The van der Waals surface area contributed by atoms with Gasteiger partial charge in [-0.25, -0.2) is 0 Å². The SMILES string of the molecule is CC(C)CNC(=O)CSc1ccc(C(=O)CC(C)C)cc1. The molecule has 0 aliphatic heterocycles. The van der Waals surface area contributed by atoms with Crippen LogP contribution in [0.4, 0.5) is 0 Å². The van der Waals surface area contributed by atoms with E-state index in [0.717, 1.165) is 10.5 Å². The van der Waals surface area contributed by atoms with Crippen LogP contribution in [0.1, 0.15) is 44.5 Å². The van der Waals surface area contributed by atoms with Gasteiger partial charge in [0.1, 0.15) is 0 Å². The molecule has 0 radical (unpaired) electrons. The molecule has 1 N–H and O–H groups in total. The minimum Gasteiger partial charge on any atom is -0.355 e. The van der Waals surface area contributed by atoms with Crippen LogP contribution in [-0.2, 0) is 4.79 Å². The summed E-state index contributed by atoms with van der Waals surface area (Å²) < 4.78 is 0. The van der Waals surface area contributed by atoms with Gasteiger partial charge < -0.3 is 5.32 Å². The summed E-state index contributed by atoms with van der Waals surface area (Å²) in [4.78, 5) is 24.6. The number of benzene rings is 1. The van der Waals surface area contributed by atoms with Gasteiger partial charge in [0.25, 0.3) is 0 Å². The van der Waals surface area contributed by atoms with Gasteiger partial charge in [-0.1, -0.05) is 39.8 Å². The molecule has 0 spiro atoms. The first-order valence-electron chi connectivity index (χ1n) is 7.41. The summed E-state index contributed by atoms with van der Waals surface area (Å²) in [6.45, 7) is 8.93. The normalized spacial score (nSPS) is 11.0. The van der Waals surface area contributed by atoms with E-state index in [2.05, 4.69) is 19.2 Å². The van der Waals surface area contributed by atoms with Crippen molar-refractivity contribution in [3.8, 4) is 0 Å². The van der Waals surface area contributed by atoms with E-state index in [1.807, 2.05) is 38.1 Å². The Kier molecular flexibility index (Phi) is 7.51. The highest BCUT2D eigenvalue weighted by Crippen LogP contribution is 2.19. The molecule has 0 heterocycles. The minimum absolute atomic E-state index is 0.0497. The Hall–Kier alpha value is -1.29. The third-order valence-electron chi connectivity index (χ3n) is 2.85. The number of hydrogen-bond acceptors (Lipinski definition) is 3. The Labute approximate surface area is 131 Å². The number of Topliss-reactive ketones (excluding diaryl/α,β-unsaturated/α-hetero) is 1. The van der Waals surface area contributed by atoms with Crippen LogP contribution in [0.3, 0.4) is 0 Å². The molecule has 1 aromatic rings. The van der Waals surface area contributed by atoms with E-state index >= 15 is 0 Å². The summed E-state index contributed by atoms with van der Waals surface area (Å²) in [7, 11) is 0. The van der Waals surface area contributed by atoms with E-state index in [4.69, 9.17) is 0 Å². The van der Waals surface area contributed by atoms with Crippen LogP contribution in [0, 0.1) is 11.8 Å². The zero-order chi connectivity index (χ0) is 15.8. The molecule has 0 bridgehead atoms.